The molecule has 0 aliphatic rings. The van der Waals surface area contributed by atoms with E-state index in [0.29, 0.717) is 10.3 Å². The van der Waals surface area contributed by atoms with Gasteiger partial charge in [-0.05, 0) is 46.6 Å². The maximum atomic E-state index is 12.1. The van der Waals surface area contributed by atoms with Crippen LogP contribution in [0, 0.1) is 6.92 Å². The molecular weight excluding hydrogens is 326 g/mol. The van der Waals surface area contributed by atoms with Crippen molar-refractivity contribution in [3.8, 4) is 0 Å². The molecule has 7 heteroatoms. The molecule has 6 nitrogen and oxygen atoms in total. The van der Waals surface area contributed by atoms with E-state index in [4.69, 9.17) is 5.11 Å². The van der Waals surface area contributed by atoms with E-state index in [0.717, 1.165) is 5.56 Å². The molecule has 1 amide bonds. The van der Waals surface area contributed by atoms with Gasteiger partial charge in [-0.2, -0.15) is 0 Å². The second kappa shape index (κ2) is 5.79. The summed E-state index contributed by atoms with van der Waals surface area (Å²) >= 11 is 3.26. The fourth-order valence-electron chi connectivity index (χ4n) is 1.58. The molecule has 2 aromatic rings. The minimum absolute atomic E-state index is 0.138. The first kappa shape index (κ1) is 14.1. The van der Waals surface area contributed by atoms with Crippen LogP contribution in [0.4, 0.5) is 5.69 Å². The van der Waals surface area contributed by atoms with Crippen molar-refractivity contribution in [3.05, 3.63) is 52.0 Å². The molecule has 0 atom stereocenters. The maximum absolute atomic E-state index is 12.1. The van der Waals surface area contributed by atoms with Gasteiger partial charge in [0, 0.05) is 6.20 Å². The largest absolute Gasteiger partial charge is 0.478 e. The average Bonchev–Trinajstić information content (AvgIpc) is 2.43. The number of aromatic nitrogens is 2. The number of hydrogen-bond donors (Lipinski definition) is 2. The van der Waals surface area contributed by atoms with Gasteiger partial charge in [-0.25, -0.2) is 9.78 Å². The van der Waals surface area contributed by atoms with Gasteiger partial charge in [-0.15, -0.1) is 0 Å². The lowest BCUT2D eigenvalue weighted by Crippen LogP contribution is -2.18. The first-order valence-electron chi connectivity index (χ1n) is 5.61. The predicted molar refractivity (Wildman–Crippen MR) is 75.8 cm³/mol. The molecule has 0 saturated heterocycles. The minimum atomic E-state index is -1.20. The summed E-state index contributed by atoms with van der Waals surface area (Å²) in [6.45, 7) is 1.83. The Labute approximate surface area is 123 Å². The molecule has 0 aromatic carbocycles. The number of halogens is 1. The molecular formula is C13H10BrN3O3. The molecule has 0 aliphatic carbocycles. The number of hydrogen-bond acceptors (Lipinski definition) is 4. The molecule has 2 aromatic heterocycles. The summed E-state index contributed by atoms with van der Waals surface area (Å²) in [6.07, 6.45) is 2.84. The van der Waals surface area contributed by atoms with Crippen molar-refractivity contribution in [2.75, 3.05) is 5.32 Å². The molecule has 20 heavy (non-hydrogen) atoms. The van der Waals surface area contributed by atoms with E-state index in [9.17, 15) is 9.59 Å². The summed E-state index contributed by atoms with van der Waals surface area (Å²) in [5.41, 5.74) is 1.03. The lowest BCUT2D eigenvalue weighted by atomic mass is 10.2. The molecule has 0 unspecified atom stereocenters. The smallest absolute Gasteiger partial charge is 0.338 e. The molecule has 0 spiro atoms. The first-order valence-corrected chi connectivity index (χ1v) is 6.40. The van der Waals surface area contributed by atoms with E-state index in [1.54, 1.807) is 6.07 Å². The van der Waals surface area contributed by atoms with Crippen LogP contribution in [0.2, 0.25) is 0 Å². The van der Waals surface area contributed by atoms with E-state index < -0.39 is 11.9 Å². The standard InChI is InChI=1S/C13H10BrN3O3/c1-7-5-8(6-16-11(7)14)17-12(18)10-9(13(19)20)3-2-4-15-10/h2-6H,1H3,(H,17,18)(H,19,20). The van der Waals surface area contributed by atoms with Gasteiger partial charge in [0.1, 0.15) is 10.3 Å². The van der Waals surface area contributed by atoms with Crippen LogP contribution in [0.3, 0.4) is 0 Å². The van der Waals surface area contributed by atoms with Gasteiger partial charge in [0.25, 0.3) is 5.91 Å². The van der Waals surface area contributed by atoms with Crippen molar-refractivity contribution >= 4 is 33.5 Å². The third kappa shape index (κ3) is 3.00. The second-order valence-corrected chi connectivity index (χ2v) is 4.74. The Morgan fingerprint density at radius 1 is 1.35 bits per heavy atom. The number of carboxylic acids is 1. The highest BCUT2D eigenvalue weighted by Gasteiger charge is 2.17. The zero-order valence-corrected chi connectivity index (χ0v) is 12.0. The Morgan fingerprint density at radius 3 is 2.75 bits per heavy atom. The average molecular weight is 336 g/mol. The summed E-state index contributed by atoms with van der Waals surface area (Å²) in [4.78, 5) is 31.0. The molecule has 102 valence electrons. The zero-order valence-electron chi connectivity index (χ0n) is 10.4. The fraction of sp³-hybridized carbons (Fsp3) is 0.0769. The number of rotatable bonds is 3. The van der Waals surface area contributed by atoms with E-state index in [-0.39, 0.29) is 11.3 Å². The lowest BCUT2D eigenvalue weighted by molar-refractivity contribution is 0.0691. The van der Waals surface area contributed by atoms with Crippen molar-refractivity contribution in [1.82, 2.24) is 9.97 Å². The van der Waals surface area contributed by atoms with Crippen molar-refractivity contribution in [1.29, 1.82) is 0 Å². The minimum Gasteiger partial charge on any atom is -0.478 e. The Morgan fingerprint density at radius 2 is 2.10 bits per heavy atom. The van der Waals surface area contributed by atoms with Crippen LogP contribution in [-0.4, -0.2) is 27.0 Å². The van der Waals surface area contributed by atoms with Gasteiger partial charge < -0.3 is 10.4 Å². The second-order valence-electron chi connectivity index (χ2n) is 3.99. The topological polar surface area (TPSA) is 92.2 Å². The highest BCUT2D eigenvalue weighted by molar-refractivity contribution is 9.10. The quantitative estimate of drug-likeness (QED) is 0.840. The van der Waals surface area contributed by atoms with E-state index in [1.165, 1.54) is 24.5 Å². The SMILES string of the molecule is Cc1cc(NC(=O)c2ncccc2C(=O)O)cnc1Br. The van der Waals surface area contributed by atoms with E-state index in [1.807, 2.05) is 6.92 Å². The number of carbonyl (C=O) groups excluding carboxylic acids is 1. The highest BCUT2D eigenvalue weighted by atomic mass is 79.9. The van der Waals surface area contributed by atoms with Gasteiger partial charge in [-0.1, -0.05) is 0 Å². The van der Waals surface area contributed by atoms with Crippen LogP contribution < -0.4 is 5.32 Å². The zero-order chi connectivity index (χ0) is 14.7. The Hall–Kier alpha value is -2.28. The summed E-state index contributed by atoms with van der Waals surface area (Å²) in [7, 11) is 0. The third-order valence-corrected chi connectivity index (χ3v) is 3.36. The molecule has 0 fully saturated rings. The van der Waals surface area contributed by atoms with Crippen molar-refractivity contribution in [3.63, 3.8) is 0 Å². The van der Waals surface area contributed by atoms with Crippen LogP contribution >= 0.6 is 15.9 Å². The van der Waals surface area contributed by atoms with Gasteiger partial charge in [-0.3, -0.25) is 9.78 Å². The molecule has 0 saturated carbocycles. The van der Waals surface area contributed by atoms with Gasteiger partial charge in [0.15, 0.2) is 0 Å². The highest BCUT2D eigenvalue weighted by Crippen LogP contribution is 2.17. The van der Waals surface area contributed by atoms with Gasteiger partial charge in [0.05, 0.1) is 17.4 Å². The molecule has 0 bridgehead atoms. The molecule has 2 N–H and O–H groups in total. The van der Waals surface area contributed by atoms with Gasteiger partial charge in [0.2, 0.25) is 0 Å². The number of carboxylic acid groups (broad SMARTS) is 1. The number of nitrogens with zero attached hydrogens (tertiary/aromatic N) is 2. The van der Waals surface area contributed by atoms with E-state index in [2.05, 4.69) is 31.2 Å². The Kier molecular flexibility index (Phi) is 4.09. The van der Waals surface area contributed by atoms with Crippen molar-refractivity contribution in [2.45, 2.75) is 6.92 Å². The van der Waals surface area contributed by atoms with Crippen molar-refractivity contribution < 1.29 is 14.7 Å². The first-order chi connectivity index (χ1) is 9.49. The third-order valence-electron chi connectivity index (χ3n) is 2.53. The summed E-state index contributed by atoms with van der Waals surface area (Å²) in [5.74, 6) is -1.79. The number of pyridine rings is 2. The monoisotopic (exact) mass is 335 g/mol. The number of amides is 1. The molecule has 2 rings (SSSR count). The summed E-state index contributed by atoms with van der Waals surface area (Å²) in [6, 6.07) is 4.51. The normalized spacial score (nSPS) is 10.1. The van der Waals surface area contributed by atoms with Crippen LogP contribution in [0.15, 0.2) is 35.2 Å². The van der Waals surface area contributed by atoms with Gasteiger partial charge >= 0.3 is 5.97 Å². The van der Waals surface area contributed by atoms with E-state index >= 15 is 0 Å². The number of aromatic carboxylic acids is 1. The van der Waals surface area contributed by atoms with Crippen LogP contribution in [-0.2, 0) is 0 Å². The van der Waals surface area contributed by atoms with Crippen LogP contribution in [0.25, 0.3) is 0 Å². The summed E-state index contributed by atoms with van der Waals surface area (Å²) < 4.78 is 0.680. The van der Waals surface area contributed by atoms with Crippen LogP contribution in [0.5, 0.6) is 0 Å². The molecule has 0 radical (unpaired) electrons. The number of carbonyl (C=O) groups is 2. The Balaban J connectivity index is 2.28. The predicted octanol–water partition coefficient (Wildman–Crippen LogP) is 2.50. The fourth-order valence-corrected chi connectivity index (χ4v) is 1.79. The molecule has 2 heterocycles. The number of aryl methyl sites for hydroxylation is 1. The number of nitrogens with one attached hydrogen (secondary N) is 1. The van der Waals surface area contributed by atoms with Crippen LogP contribution in [0.1, 0.15) is 26.4 Å². The maximum Gasteiger partial charge on any atom is 0.338 e. The van der Waals surface area contributed by atoms with Crippen molar-refractivity contribution in [2.24, 2.45) is 0 Å². The Bertz CT molecular complexity index is 688. The number of anilines is 1. The lowest BCUT2D eigenvalue weighted by Gasteiger charge is -2.07. The summed E-state index contributed by atoms with van der Waals surface area (Å²) in [5, 5.41) is 11.6. The molecule has 0 aliphatic heterocycles.